The van der Waals surface area contributed by atoms with Gasteiger partial charge in [0.05, 0.1) is 4.90 Å². The third kappa shape index (κ3) is 6.18. The molecular weight excluding hydrogens is 400 g/mol. The number of nitrogens with zero attached hydrogens (tertiary/aromatic N) is 1. The van der Waals surface area contributed by atoms with Crippen LogP contribution in [0.5, 0.6) is 0 Å². The summed E-state index contributed by atoms with van der Waals surface area (Å²) in [4.78, 5) is 16.5. The zero-order valence-electron chi connectivity index (χ0n) is 15.9. The van der Waals surface area contributed by atoms with Gasteiger partial charge < -0.3 is 10.6 Å². The highest BCUT2D eigenvalue weighted by Crippen LogP contribution is 2.22. The van der Waals surface area contributed by atoms with Crippen LogP contribution in [-0.4, -0.2) is 46.3 Å². The summed E-state index contributed by atoms with van der Waals surface area (Å²) in [5.41, 5.74) is 0.634. The van der Waals surface area contributed by atoms with Crippen LogP contribution in [0.4, 0.5) is 0 Å². The highest BCUT2D eigenvalue weighted by Gasteiger charge is 2.29. The number of sulfonamides is 1. The van der Waals surface area contributed by atoms with Crippen molar-refractivity contribution in [2.45, 2.75) is 43.4 Å². The molecule has 0 saturated carbocycles. The van der Waals surface area contributed by atoms with Crippen molar-refractivity contribution in [1.29, 1.82) is 0 Å². The lowest BCUT2D eigenvalue weighted by Crippen LogP contribution is -2.26. The van der Waals surface area contributed by atoms with Crippen LogP contribution in [0, 0.1) is 5.92 Å². The summed E-state index contributed by atoms with van der Waals surface area (Å²) in [6.07, 6.45) is 5.34. The number of fused-ring (bicyclic) bond motifs is 1. The lowest BCUT2D eigenvalue weighted by atomic mass is 10.1. The van der Waals surface area contributed by atoms with Crippen LogP contribution in [0.15, 0.2) is 34.2 Å². The summed E-state index contributed by atoms with van der Waals surface area (Å²) in [5, 5.41) is 6.33. The van der Waals surface area contributed by atoms with Crippen LogP contribution < -0.4 is 15.4 Å². The van der Waals surface area contributed by atoms with Crippen molar-refractivity contribution >= 4 is 34.2 Å². The summed E-state index contributed by atoms with van der Waals surface area (Å²) in [6, 6.07) is 6.86. The van der Waals surface area contributed by atoms with Gasteiger partial charge in [-0.2, -0.15) is 0 Å². The number of hydrogen-bond donors (Lipinski definition) is 3. The smallest absolute Gasteiger partial charge is 0.263 e. The zero-order chi connectivity index (χ0) is 19.1. The predicted octanol–water partition coefficient (Wildman–Crippen LogP) is 1.82. The van der Waals surface area contributed by atoms with E-state index in [4.69, 9.17) is 0 Å². The third-order valence-electron chi connectivity index (χ3n) is 5.03. The Morgan fingerprint density at radius 3 is 2.82 bits per heavy atom. The van der Waals surface area contributed by atoms with Crippen molar-refractivity contribution in [2.24, 2.45) is 10.9 Å². The molecule has 1 aromatic rings. The third-order valence-corrected chi connectivity index (χ3v) is 6.43. The van der Waals surface area contributed by atoms with Crippen LogP contribution >= 0.6 is 12.4 Å². The average molecular weight is 429 g/mol. The fourth-order valence-electron chi connectivity index (χ4n) is 3.48. The molecule has 0 aromatic heterocycles. The lowest BCUT2D eigenvalue weighted by Gasteiger charge is -2.09. The van der Waals surface area contributed by atoms with E-state index in [0.717, 1.165) is 45.3 Å². The number of hydrogen-bond acceptors (Lipinski definition) is 5. The first kappa shape index (κ1) is 22.6. The Balaban J connectivity index is 0.00000280. The van der Waals surface area contributed by atoms with Gasteiger partial charge >= 0.3 is 0 Å². The second-order valence-corrected chi connectivity index (χ2v) is 8.79. The molecule has 0 aliphatic carbocycles. The van der Waals surface area contributed by atoms with E-state index in [-0.39, 0.29) is 23.2 Å². The number of unbranched alkanes of at least 4 members (excludes halogenated alkanes) is 2. The number of nitrogens with one attached hydrogen (secondary N) is 3. The second kappa shape index (κ2) is 10.8. The van der Waals surface area contributed by atoms with Gasteiger partial charge in [-0.05, 0) is 56.8 Å². The molecule has 0 bridgehead atoms. The van der Waals surface area contributed by atoms with Crippen LogP contribution in [0.1, 0.15) is 44.1 Å². The maximum absolute atomic E-state index is 12.0. The fourth-order valence-corrected chi connectivity index (χ4v) is 4.73. The minimum atomic E-state index is -3.47. The SMILES string of the molecule is Cl.O=C(CCCCCN=C1NS(=O)(=O)c2ccccc21)NCCC1CCNC1. The molecule has 1 unspecified atom stereocenters. The Morgan fingerprint density at radius 1 is 1.21 bits per heavy atom. The monoisotopic (exact) mass is 428 g/mol. The van der Waals surface area contributed by atoms with Crippen LogP contribution in [0.3, 0.4) is 0 Å². The van der Waals surface area contributed by atoms with Gasteiger partial charge in [0.1, 0.15) is 5.84 Å². The summed E-state index contributed by atoms with van der Waals surface area (Å²) in [6.45, 7) is 3.47. The number of amides is 1. The second-order valence-electron chi connectivity index (χ2n) is 7.14. The molecule has 156 valence electrons. The summed E-state index contributed by atoms with van der Waals surface area (Å²) < 4.78 is 26.5. The first-order chi connectivity index (χ1) is 13.1. The van der Waals surface area contributed by atoms with Gasteiger partial charge in [-0.1, -0.05) is 18.6 Å². The molecule has 1 aromatic carbocycles. The van der Waals surface area contributed by atoms with Gasteiger partial charge in [-0.3, -0.25) is 14.5 Å². The molecule has 0 spiro atoms. The number of carbonyl (C=O) groups is 1. The molecule has 7 nitrogen and oxygen atoms in total. The number of amidine groups is 1. The Hall–Kier alpha value is -1.64. The number of halogens is 1. The molecule has 2 aliphatic rings. The van der Waals surface area contributed by atoms with Crippen molar-refractivity contribution < 1.29 is 13.2 Å². The van der Waals surface area contributed by atoms with Crippen LogP contribution in [0.2, 0.25) is 0 Å². The lowest BCUT2D eigenvalue weighted by molar-refractivity contribution is -0.121. The van der Waals surface area contributed by atoms with Crippen LogP contribution in [0.25, 0.3) is 0 Å². The number of rotatable bonds is 9. The van der Waals surface area contributed by atoms with Gasteiger partial charge in [0.2, 0.25) is 5.91 Å². The molecule has 1 fully saturated rings. The van der Waals surface area contributed by atoms with E-state index in [9.17, 15) is 13.2 Å². The largest absolute Gasteiger partial charge is 0.356 e. The molecule has 9 heteroatoms. The van der Waals surface area contributed by atoms with Crippen molar-refractivity contribution in [3.05, 3.63) is 29.8 Å². The van der Waals surface area contributed by atoms with Crippen LogP contribution in [-0.2, 0) is 14.8 Å². The zero-order valence-corrected chi connectivity index (χ0v) is 17.6. The molecule has 2 heterocycles. The van der Waals surface area contributed by atoms with E-state index in [2.05, 4.69) is 20.3 Å². The topological polar surface area (TPSA) is 99.7 Å². The summed E-state index contributed by atoms with van der Waals surface area (Å²) in [5.74, 6) is 1.23. The minimum absolute atomic E-state index is 0. The highest BCUT2D eigenvalue weighted by atomic mass is 35.5. The standard InChI is InChI=1S/C19H28N4O3S.ClH/c24-18(21-13-10-15-9-12-20-14-15)8-2-1-5-11-22-19-16-6-3-4-7-17(16)27(25,26)23-19;/h3-4,6-7,15,20H,1-2,5,8-14H2,(H,21,24)(H,22,23);1H. The number of aliphatic imine (C=N–C) groups is 1. The highest BCUT2D eigenvalue weighted by molar-refractivity contribution is 7.90. The van der Waals surface area contributed by atoms with E-state index in [1.165, 1.54) is 6.42 Å². The minimum Gasteiger partial charge on any atom is -0.356 e. The van der Waals surface area contributed by atoms with Gasteiger partial charge in [0, 0.05) is 25.1 Å². The molecule has 3 rings (SSSR count). The molecular formula is C19H29ClN4O3S. The number of carbonyl (C=O) groups excluding carboxylic acids is 1. The average Bonchev–Trinajstić information content (AvgIpc) is 3.25. The van der Waals surface area contributed by atoms with Gasteiger partial charge in [0.25, 0.3) is 10.0 Å². The normalized spacial score (nSPS) is 21.0. The molecule has 1 atom stereocenters. The van der Waals surface area contributed by atoms with Crippen molar-refractivity contribution in [3.63, 3.8) is 0 Å². The molecule has 2 aliphatic heterocycles. The van der Waals surface area contributed by atoms with Gasteiger partial charge in [-0.15, -0.1) is 12.4 Å². The van der Waals surface area contributed by atoms with Crippen molar-refractivity contribution in [2.75, 3.05) is 26.2 Å². The predicted molar refractivity (Wildman–Crippen MR) is 112 cm³/mol. The maximum Gasteiger partial charge on any atom is 0.263 e. The molecule has 1 amide bonds. The maximum atomic E-state index is 12.0. The van der Waals surface area contributed by atoms with E-state index in [0.29, 0.717) is 30.3 Å². The van der Waals surface area contributed by atoms with Crippen molar-refractivity contribution in [3.8, 4) is 0 Å². The van der Waals surface area contributed by atoms with Gasteiger partial charge in [-0.25, -0.2) is 8.42 Å². The Labute approximate surface area is 173 Å². The first-order valence-corrected chi connectivity index (χ1v) is 11.2. The molecule has 0 radical (unpaired) electrons. The molecule has 3 N–H and O–H groups in total. The number of benzene rings is 1. The Bertz CT molecular complexity index is 792. The Morgan fingerprint density at radius 2 is 2.04 bits per heavy atom. The summed E-state index contributed by atoms with van der Waals surface area (Å²) >= 11 is 0. The van der Waals surface area contributed by atoms with E-state index < -0.39 is 10.0 Å². The molecule has 28 heavy (non-hydrogen) atoms. The fraction of sp³-hybridized carbons (Fsp3) is 0.579. The first-order valence-electron chi connectivity index (χ1n) is 9.70. The van der Waals surface area contributed by atoms with E-state index >= 15 is 0 Å². The van der Waals surface area contributed by atoms with E-state index in [1.807, 2.05) is 0 Å². The van der Waals surface area contributed by atoms with E-state index in [1.54, 1.807) is 24.3 Å². The Kier molecular flexibility index (Phi) is 8.72. The van der Waals surface area contributed by atoms with Crippen molar-refractivity contribution in [1.82, 2.24) is 15.4 Å². The van der Waals surface area contributed by atoms with Gasteiger partial charge in [0.15, 0.2) is 0 Å². The summed E-state index contributed by atoms with van der Waals surface area (Å²) in [7, 11) is -3.47. The molecule has 1 saturated heterocycles. The quantitative estimate of drug-likeness (QED) is 0.522.